The van der Waals surface area contributed by atoms with E-state index in [1.165, 1.54) is 45.1 Å². The van der Waals surface area contributed by atoms with Gasteiger partial charge in [0.1, 0.15) is 6.33 Å². The number of nitrogens with one attached hydrogen (secondary N) is 1. The van der Waals surface area contributed by atoms with Gasteiger partial charge in [0.2, 0.25) is 5.91 Å². The third-order valence-electron chi connectivity index (χ3n) is 5.69. The Morgan fingerprint density at radius 1 is 1.00 bits per heavy atom. The highest BCUT2D eigenvalue weighted by Crippen LogP contribution is 2.37. The average Bonchev–Trinajstić information content (AvgIpc) is 3.38. The minimum atomic E-state index is -0.0601. The molecule has 5 nitrogen and oxygen atoms in total. The van der Waals surface area contributed by atoms with Crippen molar-refractivity contribution in [3.05, 3.63) is 89.2 Å². The maximum Gasteiger partial charge on any atom is 0.234 e. The first-order valence-electron chi connectivity index (χ1n) is 10.2. The first kappa shape index (κ1) is 19.6. The SMILES string of the molecule is Cc1ccc(-n2cnnc2SCC(=O)Nc2ccc3c(c2)Cc2ccccc2-3)cc1C. The molecular formula is C25H22N4OS. The van der Waals surface area contributed by atoms with Crippen molar-refractivity contribution in [1.82, 2.24) is 14.8 Å². The molecule has 3 aromatic carbocycles. The Labute approximate surface area is 185 Å². The van der Waals surface area contributed by atoms with Crippen LogP contribution >= 0.6 is 11.8 Å². The zero-order valence-corrected chi connectivity index (χ0v) is 18.2. The Bertz CT molecular complexity index is 1290. The molecule has 1 amide bonds. The molecule has 1 aromatic heterocycles. The summed E-state index contributed by atoms with van der Waals surface area (Å²) in [5, 5.41) is 11.9. The monoisotopic (exact) mass is 426 g/mol. The van der Waals surface area contributed by atoms with Gasteiger partial charge in [0, 0.05) is 11.4 Å². The summed E-state index contributed by atoms with van der Waals surface area (Å²) in [5.74, 6) is 0.205. The van der Waals surface area contributed by atoms with Crippen molar-refractivity contribution in [2.45, 2.75) is 25.4 Å². The number of fused-ring (bicyclic) bond motifs is 3. The van der Waals surface area contributed by atoms with Crippen molar-refractivity contribution in [3.8, 4) is 16.8 Å². The minimum absolute atomic E-state index is 0.0601. The number of amides is 1. The summed E-state index contributed by atoms with van der Waals surface area (Å²) in [6.07, 6.45) is 2.59. The molecule has 0 bridgehead atoms. The van der Waals surface area contributed by atoms with E-state index in [0.717, 1.165) is 17.8 Å². The largest absolute Gasteiger partial charge is 0.325 e. The molecule has 1 heterocycles. The molecule has 4 aromatic rings. The molecule has 6 heteroatoms. The Morgan fingerprint density at radius 2 is 1.84 bits per heavy atom. The van der Waals surface area contributed by atoms with Crippen LogP contribution in [0.1, 0.15) is 22.3 Å². The summed E-state index contributed by atoms with van der Waals surface area (Å²) in [5.41, 5.74) is 9.40. The zero-order chi connectivity index (χ0) is 21.4. The summed E-state index contributed by atoms with van der Waals surface area (Å²) in [6, 6.07) is 20.8. The van der Waals surface area contributed by atoms with Gasteiger partial charge in [-0.15, -0.1) is 10.2 Å². The number of carbonyl (C=O) groups is 1. The van der Waals surface area contributed by atoms with Crippen molar-refractivity contribution in [1.29, 1.82) is 0 Å². The van der Waals surface area contributed by atoms with Crippen molar-refractivity contribution >= 4 is 23.4 Å². The third kappa shape index (κ3) is 3.86. The van der Waals surface area contributed by atoms with Crippen molar-refractivity contribution < 1.29 is 4.79 Å². The van der Waals surface area contributed by atoms with Gasteiger partial charge in [-0.05, 0) is 77.9 Å². The quantitative estimate of drug-likeness (QED) is 0.393. The van der Waals surface area contributed by atoms with Crippen LogP contribution in [0, 0.1) is 13.8 Å². The molecule has 5 rings (SSSR count). The highest BCUT2D eigenvalue weighted by Gasteiger charge is 2.18. The maximum absolute atomic E-state index is 12.6. The van der Waals surface area contributed by atoms with Gasteiger partial charge in [0.15, 0.2) is 5.16 Å². The molecule has 0 spiro atoms. The highest BCUT2D eigenvalue weighted by atomic mass is 32.2. The number of rotatable bonds is 5. The number of aromatic nitrogens is 3. The van der Waals surface area contributed by atoms with Crippen LogP contribution in [0.15, 0.2) is 72.1 Å². The lowest BCUT2D eigenvalue weighted by molar-refractivity contribution is -0.113. The summed E-state index contributed by atoms with van der Waals surface area (Å²) in [4.78, 5) is 12.6. The Kier molecular flexibility index (Phi) is 5.08. The third-order valence-corrected chi connectivity index (χ3v) is 6.64. The van der Waals surface area contributed by atoms with Crippen molar-refractivity contribution in [2.24, 2.45) is 0 Å². The second kappa shape index (κ2) is 8.04. The molecule has 31 heavy (non-hydrogen) atoms. The van der Waals surface area contributed by atoms with Gasteiger partial charge in [-0.25, -0.2) is 0 Å². The molecule has 1 N–H and O–H groups in total. The van der Waals surface area contributed by atoms with E-state index < -0.39 is 0 Å². The van der Waals surface area contributed by atoms with Gasteiger partial charge in [-0.2, -0.15) is 0 Å². The van der Waals surface area contributed by atoms with Gasteiger partial charge >= 0.3 is 0 Å². The standard InChI is InChI=1S/C25H22N4OS/c1-16-7-9-21(11-17(16)2)29-15-26-28-25(29)31-14-24(30)27-20-8-10-23-19(13-20)12-18-5-3-4-6-22(18)23/h3-11,13,15H,12,14H2,1-2H3,(H,27,30). The number of hydrogen-bond donors (Lipinski definition) is 1. The van der Waals surface area contributed by atoms with Gasteiger partial charge in [0.05, 0.1) is 5.75 Å². The fraction of sp³-hybridized carbons (Fsp3) is 0.160. The van der Waals surface area contributed by atoms with Gasteiger partial charge < -0.3 is 5.32 Å². The smallest absolute Gasteiger partial charge is 0.234 e. The predicted octanol–water partition coefficient (Wildman–Crippen LogP) is 5.19. The lowest BCUT2D eigenvalue weighted by Crippen LogP contribution is -2.14. The lowest BCUT2D eigenvalue weighted by Gasteiger charge is -2.09. The van der Waals surface area contributed by atoms with E-state index in [1.54, 1.807) is 6.33 Å². The number of aryl methyl sites for hydroxylation is 2. The second-order valence-electron chi connectivity index (χ2n) is 7.79. The summed E-state index contributed by atoms with van der Waals surface area (Å²) < 4.78 is 1.91. The van der Waals surface area contributed by atoms with Gasteiger partial charge in [0.25, 0.3) is 0 Å². The fourth-order valence-electron chi connectivity index (χ4n) is 3.93. The van der Waals surface area contributed by atoms with Gasteiger partial charge in [-0.1, -0.05) is 48.2 Å². The molecule has 0 atom stereocenters. The number of hydrogen-bond acceptors (Lipinski definition) is 4. The molecule has 0 unspecified atom stereocenters. The molecule has 154 valence electrons. The first-order chi connectivity index (χ1) is 15.1. The van der Waals surface area contributed by atoms with Crippen LogP contribution in [0.3, 0.4) is 0 Å². The molecule has 0 fully saturated rings. The average molecular weight is 427 g/mol. The van der Waals surface area contributed by atoms with E-state index in [1.807, 2.05) is 16.7 Å². The van der Waals surface area contributed by atoms with E-state index in [-0.39, 0.29) is 11.7 Å². The second-order valence-corrected chi connectivity index (χ2v) is 8.74. The molecule has 0 saturated carbocycles. The van der Waals surface area contributed by atoms with E-state index >= 15 is 0 Å². The topological polar surface area (TPSA) is 59.8 Å². The number of benzene rings is 3. The van der Waals surface area contributed by atoms with E-state index in [4.69, 9.17) is 0 Å². The Morgan fingerprint density at radius 3 is 2.71 bits per heavy atom. The number of nitrogens with zero attached hydrogens (tertiary/aromatic N) is 3. The lowest BCUT2D eigenvalue weighted by atomic mass is 10.1. The van der Waals surface area contributed by atoms with Crippen LogP contribution in [0.5, 0.6) is 0 Å². The first-order valence-corrected chi connectivity index (χ1v) is 11.2. The predicted molar refractivity (Wildman–Crippen MR) is 125 cm³/mol. The normalized spacial score (nSPS) is 11.8. The van der Waals surface area contributed by atoms with E-state index in [0.29, 0.717) is 5.16 Å². The molecule has 1 aliphatic rings. The highest BCUT2D eigenvalue weighted by molar-refractivity contribution is 7.99. The van der Waals surface area contributed by atoms with Gasteiger partial charge in [-0.3, -0.25) is 9.36 Å². The number of carbonyl (C=O) groups excluding carboxylic acids is 1. The molecule has 0 aliphatic heterocycles. The molecule has 0 saturated heterocycles. The fourth-order valence-corrected chi connectivity index (χ4v) is 4.65. The molecular weight excluding hydrogens is 404 g/mol. The van der Waals surface area contributed by atoms with Crippen molar-refractivity contribution in [3.63, 3.8) is 0 Å². The Hall–Kier alpha value is -3.38. The van der Waals surface area contributed by atoms with Crippen LogP contribution in [-0.2, 0) is 11.2 Å². The summed E-state index contributed by atoms with van der Waals surface area (Å²) in [7, 11) is 0. The number of anilines is 1. The van der Waals surface area contributed by atoms with Crippen LogP contribution in [0.4, 0.5) is 5.69 Å². The summed E-state index contributed by atoms with van der Waals surface area (Å²) >= 11 is 1.38. The summed E-state index contributed by atoms with van der Waals surface area (Å²) in [6.45, 7) is 4.17. The van der Waals surface area contributed by atoms with Crippen LogP contribution in [-0.4, -0.2) is 26.4 Å². The van der Waals surface area contributed by atoms with E-state index in [2.05, 4.69) is 77.9 Å². The van der Waals surface area contributed by atoms with Crippen molar-refractivity contribution in [2.75, 3.05) is 11.1 Å². The van der Waals surface area contributed by atoms with Crippen LogP contribution in [0.25, 0.3) is 16.8 Å². The number of thioether (sulfide) groups is 1. The maximum atomic E-state index is 12.6. The van der Waals surface area contributed by atoms with Crippen LogP contribution < -0.4 is 5.32 Å². The Balaban J connectivity index is 1.25. The minimum Gasteiger partial charge on any atom is -0.325 e. The zero-order valence-electron chi connectivity index (χ0n) is 17.4. The van der Waals surface area contributed by atoms with Crippen LogP contribution in [0.2, 0.25) is 0 Å². The molecule has 0 radical (unpaired) electrons. The van der Waals surface area contributed by atoms with E-state index in [9.17, 15) is 4.79 Å². The molecule has 1 aliphatic carbocycles.